The van der Waals surface area contributed by atoms with Gasteiger partial charge in [0, 0.05) is 10.8 Å². The zero-order valence-electron chi connectivity index (χ0n) is 11.5. The maximum absolute atomic E-state index is 9.26. The lowest BCUT2D eigenvalue weighted by Gasteiger charge is -2.06. The Bertz CT molecular complexity index is 823. The third kappa shape index (κ3) is 3.50. The summed E-state index contributed by atoms with van der Waals surface area (Å²) in [6.45, 7) is 0. The number of aromatic nitrogens is 1. The first-order valence-electron chi connectivity index (χ1n) is 6.58. The van der Waals surface area contributed by atoms with Crippen molar-refractivity contribution >= 4 is 34.7 Å². The van der Waals surface area contributed by atoms with E-state index in [2.05, 4.69) is 11.1 Å². The first-order valence-corrected chi connectivity index (χ1v) is 8.83. The third-order valence-electron chi connectivity index (χ3n) is 3.02. The van der Waals surface area contributed by atoms with Gasteiger partial charge in [0.05, 0.1) is 16.1 Å². The van der Waals surface area contributed by atoms with Gasteiger partial charge in [0.1, 0.15) is 11.1 Å². The minimum Gasteiger partial charge on any atom is -0.239 e. The highest BCUT2D eigenvalue weighted by atomic mass is 35.5. The van der Waals surface area contributed by atoms with Gasteiger partial charge in [0.2, 0.25) is 0 Å². The second kappa shape index (κ2) is 6.97. The van der Waals surface area contributed by atoms with Gasteiger partial charge in [-0.1, -0.05) is 29.8 Å². The molecule has 3 aromatic rings. The molecule has 2 nitrogen and oxygen atoms in total. The van der Waals surface area contributed by atoms with Crippen LogP contribution in [0.15, 0.2) is 58.9 Å². The number of hydrogen-bond acceptors (Lipinski definition) is 4. The van der Waals surface area contributed by atoms with Crippen molar-refractivity contribution in [1.82, 2.24) is 4.98 Å². The highest BCUT2D eigenvalue weighted by molar-refractivity contribution is 7.98. The van der Waals surface area contributed by atoms with E-state index in [1.165, 1.54) is 0 Å². The fourth-order valence-corrected chi connectivity index (χ4v) is 3.80. The number of nitrogens with zero attached hydrogens (tertiary/aromatic N) is 2. The van der Waals surface area contributed by atoms with Gasteiger partial charge in [-0.15, -0.1) is 23.1 Å². The van der Waals surface area contributed by atoms with Crippen LogP contribution in [0.1, 0.15) is 11.1 Å². The molecule has 108 valence electrons. The molecule has 0 radical (unpaired) electrons. The quantitative estimate of drug-likeness (QED) is 0.577. The molecule has 0 spiro atoms. The van der Waals surface area contributed by atoms with Gasteiger partial charge in [-0.2, -0.15) is 5.26 Å². The second-order valence-corrected chi connectivity index (χ2v) is 6.91. The number of benzene rings is 1. The van der Waals surface area contributed by atoms with Gasteiger partial charge in [-0.25, -0.2) is 4.98 Å². The summed E-state index contributed by atoms with van der Waals surface area (Å²) in [6, 6.07) is 17.7. The fourth-order valence-electron chi connectivity index (χ4n) is 1.98. The first kappa shape index (κ1) is 15.1. The molecule has 3 rings (SSSR count). The third-order valence-corrected chi connectivity index (χ3v) is 5.21. The minimum atomic E-state index is 0.604. The predicted molar refractivity (Wildman–Crippen MR) is 93.3 cm³/mol. The van der Waals surface area contributed by atoms with Crippen molar-refractivity contribution in [2.24, 2.45) is 0 Å². The molecule has 0 atom stereocenters. The number of thioether (sulfide) groups is 1. The van der Waals surface area contributed by atoms with Gasteiger partial charge in [-0.05, 0) is 41.3 Å². The zero-order valence-corrected chi connectivity index (χ0v) is 13.9. The zero-order chi connectivity index (χ0) is 15.4. The van der Waals surface area contributed by atoms with Crippen LogP contribution in [0.5, 0.6) is 0 Å². The molecule has 0 aliphatic rings. The number of hydrogen-bond donors (Lipinski definition) is 0. The summed E-state index contributed by atoms with van der Waals surface area (Å²) in [5, 5.41) is 12.8. The number of pyridine rings is 1. The Balaban J connectivity index is 1.85. The molecule has 0 unspecified atom stereocenters. The fraction of sp³-hybridized carbons (Fsp3) is 0.0588. The summed E-state index contributed by atoms with van der Waals surface area (Å²) in [6.07, 6.45) is 0. The summed E-state index contributed by atoms with van der Waals surface area (Å²) in [5.74, 6) is 0.732. The largest absolute Gasteiger partial charge is 0.239 e. The molecule has 0 saturated heterocycles. The van der Waals surface area contributed by atoms with Crippen LogP contribution in [-0.4, -0.2) is 4.98 Å². The number of halogens is 1. The number of nitriles is 1. The lowest BCUT2D eigenvalue weighted by molar-refractivity contribution is 1.12. The summed E-state index contributed by atoms with van der Waals surface area (Å²) in [5.41, 5.74) is 2.62. The average molecular weight is 343 g/mol. The van der Waals surface area contributed by atoms with Crippen LogP contribution in [-0.2, 0) is 5.75 Å². The molecular formula is C17H11ClN2S2. The number of thiophene rings is 1. The van der Waals surface area contributed by atoms with Gasteiger partial charge in [0.25, 0.3) is 0 Å². The van der Waals surface area contributed by atoms with Gasteiger partial charge >= 0.3 is 0 Å². The van der Waals surface area contributed by atoms with E-state index >= 15 is 0 Å². The Morgan fingerprint density at radius 1 is 1.18 bits per heavy atom. The van der Waals surface area contributed by atoms with Crippen molar-refractivity contribution < 1.29 is 0 Å². The van der Waals surface area contributed by atoms with E-state index in [0.717, 1.165) is 31.9 Å². The van der Waals surface area contributed by atoms with Crippen LogP contribution in [0.25, 0.3) is 10.6 Å². The molecular weight excluding hydrogens is 332 g/mol. The van der Waals surface area contributed by atoms with E-state index < -0.39 is 0 Å². The van der Waals surface area contributed by atoms with E-state index in [9.17, 15) is 5.26 Å². The maximum atomic E-state index is 9.26. The molecule has 2 aromatic heterocycles. The molecule has 0 amide bonds. The summed E-state index contributed by atoms with van der Waals surface area (Å²) >= 11 is 9.20. The van der Waals surface area contributed by atoms with Crippen molar-refractivity contribution in [3.63, 3.8) is 0 Å². The molecule has 0 saturated carbocycles. The molecule has 0 fully saturated rings. The van der Waals surface area contributed by atoms with E-state index in [4.69, 9.17) is 11.6 Å². The lowest BCUT2D eigenvalue weighted by Crippen LogP contribution is -1.90. The van der Waals surface area contributed by atoms with E-state index in [1.807, 2.05) is 53.9 Å². The van der Waals surface area contributed by atoms with Crippen molar-refractivity contribution in [1.29, 1.82) is 5.26 Å². The molecule has 2 heterocycles. The number of rotatable bonds is 4. The highest BCUT2D eigenvalue weighted by Gasteiger charge is 2.09. The van der Waals surface area contributed by atoms with E-state index in [-0.39, 0.29) is 0 Å². The first-order chi connectivity index (χ1) is 10.8. The lowest BCUT2D eigenvalue weighted by atomic mass is 10.2. The molecule has 1 aromatic carbocycles. The summed E-state index contributed by atoms with van der Waals surface area (Å²) in [7, 11) is 0. The summed E-state index contributed by atoms with van der Waals surface area (Å²) < 4.78 is 0. The monoisotopic (exact) mass is 342 g/mol. The van der Waals surface area contributed by atoms with Crippen molar-refractivity contribution in [2.75, 3.05) is 0 Å². The Kier molecular flexibility index (Phi) is 4.79. The molecule has 0 N–H and O–H groups in total. The van der Waals surface area contributed by atoms with E-state index in [0.29, 0.717) is 5.56 Å². The average Bonchev–Trinajstić information content (AvgIpc) is 3.07. The van der Waals surface area contributed by atoms with Crippen molar-refractivity contribution in [3.05, 3.63) is 70.1 Å². The van der Waals surface area contributed by atoms with Gasteiger partial charge < -0.3 is 0 Å². The van der Waals surface area contributed by atoms with Crippen LogP contribution in [0.2, 0.25) is 5.02 Å². The van der Waals surface area contributed by atoms with Crippen LogP contribution < -0.4 is 0 Å². The SMILES string of the molecule is N#Cc1ccc(-c2cccs2)nc1SCc1cccc(Cl)c1. The standard InChI is InChI=1S/C17H11ClN2S2/c18-14-4-1-3-12(9-14)11-22-17-13(10-19)6-7-15(20-17)16-5-2-8-21-16/h1-9H,11H2. The Morgan fingerprint density at radius 2 is 2.09 bits per heavy atom. The predicted octanol–water partition coefficient (Wildman–Crippen LogP) is 5.63. The molecule has 5 heteroatoms. The van der Waals surface area contributed by atoms with Crippen LogP contribution in [0.3, 0.4) is 0 Å². The molecule has 0 aliphatic heterocycles. The topological polar surface area (TPSA) is 36.7 Å². The molecule has 0 aliphatic carbocycles. The van der Waals surface area contributed by atoms with Crippen molar-refractivity contribution in [3.8, 4) is 16.6 Å². The van der Waals surface area contributed by atoms with Crippen LogP contribution >= 0.6 is 34.7 Å². The summed E-state index contributed by atoms with van der Waals surface area (Å²) in [4.78, 5) is 5.75. The van der Waals surface area contributed by atoms with Gasteiger partial charge in [0.15, 0.2) is 0 Å². The highest BCUT2D eigenvalue weighted by Crippen LogP contribution is 2.29. The second-order valence-electron chi connectivity index (χ2n) is 4.56. The van der Waals surface area contributed by atoms with Gasteiger partial charge in [-0.3, -0.25) is 0 Å². The van der Waals surface area contributed by atoms with Crippen molar-refractivity contribution in [2.45, 2.75) is 10.8 Å². The Hall–Kier alpha value is -1.80. The Labute approximate surface area is 142 Å². The maximum Gasteiger partial charge on any atom is 0.115 e. The van der Waals surface area contributed by atoms with Crippen LogP contribution in [0, 0.1) is 11.3 Å². The minimum absolute atomic E-state index is 0.604. The smallest absolute Gasteiger partial charge is 0.115 e. The van der Waals surface area contributed by atoms with E-state index in [1.54, 1.807) is 23.1 Å². The Morgan fingerprint density at radius 3 is 2.82 bits per heavy atom. The molecule has 22 heavy (non-hydrogen) atoms. The molecule has 0 bridgehead atoms. The van der Waals surface area contributed by atoms with Crippen LogP contribution in [0.4, 0.5) is 0 Å². The normalized spacial score (nSPS) is 10.4.